The largest absolute Gasteiger partial charge is 0.444 e. The van der Waals surface area contributed by atoms with Gasteiger partial charge in [0.25, 0.3) is 5.91 Å². The highest BCUT2D eigenvalue weighted by Gasteiger charge is 2.40. The van der Waals surface area contributed by atoms with Crippen LogP contribution in [-0.4, -0.2) is 40.5 Å². The van der Waals surface area contributed by atoms with Gasteiger partial charge in [-0.25, -0.2) is 4.79 Å². The first-order valence-electron chi connectivity index (χ1n) is 14.0. The number of nitrogens with zero attached hydrogens (tertiary/aromatic N) is 1. The van der Waals surface area contributed by atoms with Gasteiger partial charge in [-0.2, -0.15) is 0 Å². The fourth-order valence-corrected chi connectivity index (χ4v) is 4.59. The van der Waals surface area contributed by atoms with Crippen molar-refractivity contribution in [2.45, 2.75) is 106 Å². The summed E-state index contributed by atoms with van der Waals surface area (Å²) in [5, 5.41) is 5.95. The number of aryl methyl sites for hydroxylation is 3. The molecule has 0 aromatic heterocycles. The van der Waals surface area contributed by atoms with Crippen LogP contribution in [0.5, 0.6) is 0 Å². The number of hydrogen-bond acceptors (Lipinski definition) is 4. The van der Waals surface area contributed by atoms with Gasteiger partial charge >= 0.3 is 6.09 Å². The Bertz CT molecular complexity index is 1130. The SMILES string of the molecule is CCC(C)C(NC(=O)OC(C)(C)C)C(=O)N(C(C)CC)C(C(=O)Nc1c(C)cccc1C)c1ccccc1C. The highest BCUT2D eigenvalue weighted by atomic mass is 16.6. The summed E-state index contributed by atoms with van der Waals surface area (Å²) in [6, 6.07) is 11.4. The van der Waals surface area contributed by atoms with Crippen molar-refractivity contribution in [3.8, 4) is 0 Å². The minimum Gasteiger partial charge on any atom is -0.444 e. The van der Waals surface area contributed by atoms with Crippen LogP contribution in [0.4, 0.5) is 10.5 Å². The second kappa shape index (κ2) is 13.6. The normalized spacial score (nSPS) is 14.5. The zero-order valence-electron chi connectivity index (χ0n) is 25.3. The predicted octanol–water partition coefficient (Wildman–Crippen LogP) is 6.86. The Balaban J connectivity index is 2.64. The van der Waals surface area contributed by atoms with E-state index in [0.29, 0.717) is 12.8 Å². The van der Waals surface area contributed by atoms with Gasteiger partial charge < -0.3 is 20.3 Å². The Morgan fingerprint density at radius 3 is 1.95 bits per heavy atom. The zero-order valence-corrected chi connectivity index (χ0v) is 25.3. The quantitative estimate of drug-likeness (QED) is 0.347. The first-order chi connectivity index (χ1) is 18.2. The molecule has 2 N–H and O–H groups in total. The first-order valence-corrected chi connectivity index (χ1v) is 14.0. The van der Waals surface area contributed by atoms with Gasteiger partial charge in [0.15, 0.2) is 0 Å². The Morgan fingerprint density at radius 2 is 1.44 bits per heavy atom. The van der Waals surface area contributed by atoms with E-state index in [0.717, 1.165) is 27.9 Å². The number of carbonyl (C=O) groups excluding carboxylic acids is 3. The van der Waals surface area contributed by atoms with Crippen molar-refractivity contribution in [1.29, 1.82) is 0 Å². The van der Waals surface area contributed by atoms with Crippen molar-refractivity contribution in [3.63, 3.8) is 0 Å². The van der Waals surface area contributed by atoms with Crippen molar-refractivity contribution < 1.29 is 19.1 Å². The summed E-state index contributed by atoms with van der Waals surface area (Å²) < 4.78 is 5.50. The van der Waals surface area contributed by atoms with Crippen LogP contribution in [0.1, 0.15) is 89.6 Å². The third kappa shape index (κ3) is 8.32. The number of ether oxygens (including phenoxy) is 1. The van der Waals surface area contributed by atoms with E-state index in [1.807, 2.05) is 90.9 Å². The van der Waals surface area contributed by atoms with E-state index in [9.17, 15) is 14.4 Å². The molecule has 4 unspecified atom stereocenters. The maximum Gasteiger partial charge on any atom is 0.408 e. The molecule has 0 aliphatic carbocycles. The molecule has 4 atom stereocenters. The Kier molecular flexibility index (Phi) is 11.1. The van der Waals surface area contributed by atoms with Crippen LogP contribution < -0.4 is 10.6 Å². The van der Waals surface area contributed by atoms with Gasteiger partial charge in [0, 0.05) is 11.7 Å². The van der Waals surface area contributed by atoms with Crippen molar-refractivity contribution in [1.82, 2.24) is 10.2 Å². The molecular weight excluding hydrogens is 490 g/mol. The molecule has 0 bridgehead atoms. The molecule has 0 radical (unpaired) electrons. The summed E-state index contributed by atoms with van der Waals surface area (Å²) in [6.07, 6.45) is 0.631. The number of benzene rings is 2. The summed E-state index contributed by atoms with van der Waals surface area (Å²) in [5.74, 6) is -0.791. The second-order valence-corrected chi connectivity index (χ2v) is 11.5. The number of rotatable bonds is 10. The van der Waals surface area contributed by atoms with Crippen molar-refractivity contribution in [2.24, 2.45) is 5.92 Å². The van der Waals surface area contributed by atoms with E-state index in [-0.39, 0.29) is 23.8 Å². The lowest BCUT2D eigenvalue weighted by molar-refractivity contribution is -0.144. The third-order valence-electron chi connectivity index (χ3n) is 7.21. The molecule has 3 amide bonds. The molecule has 2 aromatic rings. The molecule has 7 nitrogen and oxygen atoms in total. The molecule has 0 fully saturated rings. The molecule has 0 spiro atoms. The predicted molar refractivity (Wildman–Crippen MR) is 158 cm³/mol. The van der Waals surface area contributed by atoms with Gasteiger partial charge in [-0.1, -0.05) is 69.7 Å². The lowest BCUT2D eigenvalue weighted by Crippen LogP contribution is -2.57. The summed E-state index contributed by atoms with van der Waals surface area (Å²) in [6.45, 7) is 19.0. The molecule has 39 heavy (non-hydrogen) atoms. The van der Waals surface area contributed by atoms with Crippen LogP contribution in [0.25, 0.3) is 0 Å². The molecule has 214 valence electrons. The summed E-state index contributed by atoms with van der Waals surface area (Å²) in [5.41, 5.74) is 3.56. The number of anilines is 1. The van der Waals surface area contributed by atoms with Crippen molar-refractivity contribution >= 4 is 23.6 Å². The fraction of sp³-hybridized carbons (Fsp3) is 0.531. The zero-order chi connectivity index (χ0) is 29.5. The second-order valence-electron chi connectivity index (χ2n) is 11.5. The number of alkyl carbamates (subject to hydrolysis) is 1. The van der Waals surface area contributed by atoms with Crippen LogP contribution in [-0.2, 0) is 14.3 Å². The number of para-hydroxylation sites is 1. The smallest absolute Gasteiger partial charge is 0.408 e. The average molecular weight is 538 g/mol. The van der Waals surface area contributed by atoms with Gasteiger partial charge in [0.2, 0.25) is 5.91 Å². The number of amides is 3. The Morgan fingerprint density at radius 1 is 0.872 bits per heavy atom. The molecule has 0 aliphatic heterocycles. The van der Waals surface area contributed by atoms with Gasteiger partial charge in [-0.05, 0) is 83.1 Å². The topological polar surface area (TPSA) is 87.7 Å². The lowest BCUT2D eigenvalue weighted by Gasteiger charge is -2.40. The van der Waals surface area contributed by atoms with E-state index in [4.69, 9.17) is 4.74 Å². The standard InChI is InChI=1S/C32H47N3O4/c1-11-20(3)27(34-31(38)39-32(8,9)10)30(37)35(24(7)12-2)28(25-19-14-13-16-21(25)4)29(36)33-26-22(5)17-15-18-23(26)6/h13-20,24,27-28H,11-12H2,1-10H3,(H,33,36)(H,34,38). The molecule has 0 heterocycles. The van der Waals surface area contributed by atoms with Crippen LogP contribution in [0.3, 0.4) is 0 Å². The summed E-state index contributed by atoms with van der Waals surface area (Å²) in [7, 11) is 0. The number of hydrogen-bond donors (Lipinski definition) is 2. The van der Waals surface area contributed by atoms with E-state index >= 15 is 0 Å². The van der Waals surface area contributed by atoms with Crippen LogP contribution >= 0.6 is 0 Å². The van der Waals surface area contributed by atoms with Crippen molar-refractivity contribution in [2.75, 3.05) is 5.32 Å². The fourth-order valence-electron chi connectivity index (χ4n) is 4.59. The maximum absolute atomic E-state index is 14.4. The van der Waals surface area contributed by atoms with E-state index in [1.54, 1.807) is 25.7 Å². The van der Waals surface area contributed by atoms with E-state index < -0.39 is 23.8 Å². The number of nitrogens with one attached hydrogen (secondary N) is 2. The minimum absolute atomic E-state index is 0.184. The Hall–Kier alpha value is -3.35. The monoisotopic (exact) mass is 537 g/mol. The van der Waals surface area contributed by atoms with Gasteiger partial charge in [0.1, 0.15) is 17.7 Å². The van der Waals surface area contributed by atoms with Crippen LogP contribution in [0.15, 0.2) is 42.5 Å². The van der Waals surface area contributed by atoms with Crippen LogP contribution in [0.2, 0.25) is 0 Å². The highest BCUT2D eigenvalue weighted by molar-refractivity contribution is 6.00. The lowest BCUT2D eigenvalue weighted by atomic mass is 9.92. The molecule has 2 aromatic carbocycles. The first kappa shape index (κ1) is 31.9. The Labute approximate surface area is 234 Å². The van der Waals surface area contributed by atoms with Crippen molar-refractivity contribution in [3.05, 3.63) is 64.7 Å². The molecule has 2 rings (SSSR count). The summed E-state index contributed by atoms with van der Waals surface area (Å²) in [4.78, 5) is 43.1. The summed E-state index contributed by atoms with van der Waals surface area (Å²) >= 11 is 0. The van der Waals surface area contributed by atoms with Crippen LogP contribution in [0, 0.1) is 26.7 Å². The molecule has 0 saturated heterocycles. The molecular formula is C32H47N3O4. The molecule has 7 heteroatoms. The highest BCUT2D eigenvalue weighted by Crippen LogP contribution is 2.31. The van der Waals surface area contributed by atoms with Gasteiger partial charge in [-0.15, -0.1) is 0 Å². The molecule has 0 aliphatic rings. The maximum atomic E-state index is 14.4. The minimum atomic E-state index is -0.903. The average Bonchev–Trinajstić information content (AvgIpc) is 2.86. The van der Waals surface area contributed by atoms with Gasteiger partial charge in [-0.3, -0.25) is 9.59 Å². The van der Waals surface area contributed by atoms with E-state index in [1.165, 1.54) is 0 Å². The third-order valence-corrected chi connectivity index (χ3v) is 7.21. The number of carbonyl (C=O) groups is 3. The van der Waals surface area contributed by atoms with E-state index in [2.05, 4.69) is 10.6 Å². The molecule has 0 saturated carbocycles. The van der Waals surface area contributed by atoms with Gasteiger partial charge in [0.05, 0.1) is 0 Å².